The van der Waals surface area contributed by atoms with Crippen molar-refractivity contribution in [3.05, 3.63) is 0 Å². The predicted molar refractivity (Wildman–Crippen MR) is 43.0 cm³/mol. The van der Waals surface area contributed by atoms with E-state index in [1.54, 1.807) is 0 Å². The van der Waals surface area contributed by atoms with Crippen molar-refractivity contribution in [2.45, 2.75) is 17.5 Å². The summed E-state index contributed by atoms with van der Waals surface area (Å²) < 4.78 is 11.3. The number of fused-ring (bicyclic) bond motifs is 1. The van der Waals surface area contributed by atoms with Crippen LogP contribution in [-0.2, 0) is 20.4 Å². The molecule has 2 aliphatic heterocycles. The van der Waals surface area contributed by atoms with Crippen molar-refractivity contribution in [3.63, 3.8) is 0 Å². The van der Waals surface area contributed by atoms with Crippen LogP contribution in [-0.4, -0.2) is 49.3 Å². The normalized spacial score (nSPS) is 42.8. The van der Waals surface area contributed by atoms with Crippen LogP contribution in [0.4, 0.5) is 0 Å². The van der Waals surface area contributed by atoms with Crippen molar-refractivity contribution in [3.8, 4) is 0 Å². The van der Waals surface area contributed by atoms with Crippen molar-refractivity contribution in [1.29, 1.82) is 0 Å². The van der Waals surface area contributed by atoms with E-state index in [-0.39, 0.29) is 5.75 Å². The van der Waals surface area contributed by atoms with E-state index < -0.39 is 40.1 Å². The number of hydrogen-bond acceptors (Lipinski definition) is 4. The molecule has 0 saturated carbocycles. The molecule has 4 atom stereocenters. The Labute approximate surface area is 76.1 Å². The van der Waals surface area contributed by atoms with Gasteiger partial charge in [0, 0.05) is 10.8 Å². The minimum Gasteiger partial charge on any atom is -0.480 e. The first-order chi connectivity index (χ1) is 6.04. The molecule has 6 nitrogen and oxygen atoms in total. The van der Waals surface area contributed by atoms with Crippen LogP contribution in [0.5, 0.6) is 0 Å². The first-order valence-electron chi connectivity index (χ1n) is 3.72. The Kier molecular flexibility index (Phi) is 1.67. The summed E-state index contributed by atoms with van der Waals surface area (Å²) in [6.45, 7) is 0. The third-order valence-electron chi connectivity index (χ3n) is 2.33. The monoisotopic (exact) mass is 204 g/mol. The highest BCUT2D eigenvalue weighted by molar-refractivity contribution is 7.86. The van der Waals surface area contributed by atoms with E-state index in [0.29, 0.717) is 0 Å². The number of rotatable bonds is 1. The average Bonchev–Trinajstić information content (AvgIpc) is 2.39. The van der Waals surface area contributed by atoms with Crippen LogP contribution in [0.2, 0.25) is 0 Å². The van der Waals surface area contributed by atoms with Gasteiger partial charge in [0.15, 0.2) is 0 Å². The molecular formula is C6H8N2O4S. The number of nitrogens with two attached hydrogens (primary N) is 1. The van der Waals surface area contributed by atoms with Crippen LogP contribution < -0.4 is 5.73 Å². The van der Waals surface area contributed by atoms with Gasteiger partial charge in [-0.1, -0.05) is 0 Å². The Hall–Kier alpha value is -0.950. The van der Waals surface area contributed by atoms with Crippen LogP contribution >= 0.6 is 0 Å². The van der Waals surface area contributed by atoms with E-state index in [2.05, 4.69) is 0 Å². The zero-order valence-electron chi connectivity index (χ0n) is 6.54. The Morgan fingerprint density at radius 1 is 1.69 bits per heavy atom. The summed E-state index contributed by atoms with van der Waals surface area (Å²) >= 11 is 0. The smallest absolute Gasteiger partial charge is 0.327 e. The minimum atomic E-state index is -1.31. The molecule has 0 aromatic rings. The largest absolute Gasteiger partial charge is 0.480 e. The fourth-order valence-electron chi connectivity index (χ4n) is 1.66. The Morgan fingerprint density at radius 3 is 2.85 bits per heavy atom. The summed E-state index contributed by atoms with van der Waals surface area (Å²) in [7, 11) is -1.31. The van der Waals surface area contributed by atoms with Gasteiger partial charge in [-0.3, -0.25) is 9.00 Å². The SMILES string of the molecule is N[C@@H]1C(=O)N2[C@@H](C(=O)O)C[S@](=O)[C@H]12. The van der Waals surface area contributed by atoms with Crippen LogP contribution in [0.15, 0.2) is 0 Å². The fourth-order valence-corrected chi connectivity index (χ4v) is 3.42. The Morgan fingerprint density at radius 2 is 2.31 bits per heavy atom. The number of aliphatic carboxylic acids is 1. The van der Waals surface area contributed by atoms with Crippen LogP contribution in [0.3, 0.4) is 0 Å². The molecule has 13 heavy (non-hydrogen) atoms. The van der Waals surface area contributed by atoms with Crippen molar-refractivity contribution >= 4 is 22.7 Å². The van der Waals surface area contributed by atoms with E-state index >= 15 is 0 Å². The molecule has 0 aromatic carbocycles. The molecule has 0 spiro atoms. The number of carboxylic acids is 1. The molecule has 0 bridgehead atoms. The molecule has 2 aliphatic rings. The lowest BCUT2D eigenvalue weighted by Crippen LogP contribution is -2.69. The molecule has 1 amide bonds. The van der Waals surface area contributed by atoms with Gasteiger partial charge in [0.05, 0.1) is 5.75 Å². The number of carboxylic acid groups (broad SMARTS) is 1. The maximum Gasteiger partial charge on any atom is 0.327 e. The lowest BCUT2D eigenvalue weighted by Gasteiger charge is -2.40. The second kappa shape index (κ2) is 2.52. The van der Waals surface area contributed by atoms with Crippen molar-refractivity contribution in [2.24, 2.45) is 5.73 Å². The highest BCUT2D eigenvalue weighted by Crippen LogP contribution is 2.31. The zero-order valence-corrected chi connectivity index (χ0v) is 7.36. The van der Waals surface area contributed by atoms with Gasteiger partial charge in [-0.2, -0.15) is 0 Å². The third kappa shape index (κ3) is 0.939. The maximum atomic E-state index is 11.3. The lowest BCUT2D eigenvalue weighted by molar-refractivity contribution is -0.157. The highest BCUT2D eigenvalue weighted by atomic mass is 32.2. The summed E-state index contributed by atoms with van der Waals surface area (Å²) in [5, 5.41) is 8.11. The molecule has 2 heterocycles. The van der Waals surface area contributed by atoms with Crippen LogP contribution in [0.25, 0.3) is 0 Å². The average molecular weight is 204 g/mol. The minimum absolute atomic E-state index is 0.000556. The van der Waals surface area contributed by atoms with Gasteiger partial charge < -0.3 is 15.7 Å². The first-order valence-corrected chi connectivity index (χ1v) is 5.10. The Balaban J connectivity index is 2.27. The number of β-lactam (4-membered cyclic amide) rings is 1. The van der Waals surface area contributed by atoms with Gasteiger partial charge in [0.1, 0.15) is 17.5 Å². The quantitative estimate of drug-likeness (QED) is 0.468. The van der Waals surface area contributed by atoms with Crippen molar-refractivity contribution in [2.75, 3.05) is 5.75 Å². The molecule has 0 unspecified atom stereocenters. The molecule has 7 heteroatoms. The molecule has 2 rings (SSSR count). The third-order valence-corrected chi connectivity index (χ3v) is 4.04. The maximum absolute atomic E-state index is 11.3. The molecule has 0 aliphatic carbocycles. The number of carbonyl (C=O) groups is 2. The van der Waals surface area contributed by atoms with E-state index in [9.17, 15) is 13.8 Å². The van der Waals surface area contributed by atoms with Crippen molar-refractivity contribution in [1.82, 2.24) is 4.90 Å². The van der Waals surface area contributed by atoms with Gasteiger partial charge >= 0.3 is 5.97 Å². The topological polar surface area (TPSA) is 101 Å². The van der Waals surface area contributed by atoms with Gasteiger partial charge in [-0.25, -0.2) is 4.79 Å². The number of nitrogens with zero attached hydrogens (tertiary/aromatic N) is 1. The highest BCUT2D eigenvalue weighted by Gasteiger charge is 2.58. The summed E-state index contributed by atoms with van der Waals surface area (Å²) in [5.74, 6) is -1.53. The van der Waals surface area contributed by atoms with E-state index in [1.165, 1.54) is 0 Å². The molecule has 0 aromatic heterocycles. The Bertz CT molecular complexity index is 316. The van der Waals surface area contributed by atoms with Crippen LogP contribution in [0, 0.1) is 0 Å². The molecule has 2 saturated heterocycles. The van der Waals surface area contributed by atoms with E-state index in [1.807, 2.05) is 0 Å². The molecule has 0 radical (unpaired) electrons. The van der Waals surface area contributed by atoms with E-state index in [0.717, 1.165) is 4.90 Å². The zero-order chi connectivity index (χ0) is 9.75. The summed E-state index contributed by atoms with van der Waals surface area (Å²) in [5.41, 5.74) is 5.38. The molecule has 2 fully saturated rings. The van der Waals surface area contributed by atoms with Gasteiger partial charge in [-0.05, 0) is 0 Å². The standard InChI is InChI=1S/C6H8N2O4S/c7-3-4(9)8-2(6(10)11)1-13(12)5(3)8/h2-3,5H,1,7H2,(H,10,11)/t2-,3-,5-,13+/m1/s1. The lowest BCUT2D eigenvalue weighted by atomic mass is 10.1. The second-order valence-electron chi connectivity index (χ2n) is 3.06. The molecular weight excluding hydrogens is 196 g/mol. The van der Waals surface area contributed by atoms with E-state index in [4.69, 9.17) is 10.8 Å². The predicted octanol–water partition coefficient (Wildman–Crippen LogP) is -2.30. The first kappa shape index (κ1) is 8.64. The van der Waals surface area contributed by atoms with Gasteiger partial charge in [0.25, 0.3) is 0 Å². The fraction of sp³-hybridized carbons (Fsp3) is 0.667. The van der Waals surface area contributed by atoms with Gasteiger partial charge in [-0.15, -0.1) is 0 Å². The molecule has 72 valence electrons. The summed E-state index contributed by atoms with van der Waals surface area (Å²) in [6.07, 6.45) is 0. The number of hydrogen-bond donors (Lipinski definition) is 2. The second-order valence-corrected chi connectivity index (χ2v) is 4.64. The van der Waals surface area contributed by atoms with Gasteiger partial charge in [0.2, 0.25) is 5.91 Å². The van der Waals surface area contributed by atoms with Crippen molar-refractivity contribution < 1.29 is 18.9 Å². The summed E-state index contributed by atoms with van der Waals surface area (Å²) in [6, 6.07) is -1.72. The number of amides is 1. The van der Waals surface area contributed by atoms with Crippen LogP contribution in [0.1, 0.15) is 0 Å². The summed E-state index contributed by atoms with van der Waals surface area (Å²) in [4.78, 5) is 22.8. The number of carbonyl (C=O) groups excluding carboxylic acids is 1. The molecule has 3 N–H and O–H groups in total.